The fourth-order valence-electron chi connectivity index (χ4n) is 2.88. The normalized spacial score (nSPS) is 10.9. The zero-order chi connectivity index (χ0) is 17.3. The number of aryl methyl sites for hydroxylation is 1. The first kappa shape index (κ1) is 15.7. The van der Waals surface area contributed by atoms with Gasteiger partial charge in [0.05, 0.1) is 17.4 Å². The van der Waals surface area contributed by atoms with Crippen molar-refractivity contribution in [2.24, 2.45) is 5.73 Å². The zero-order valence-electron chi connectivity index (χ0n) is 13.2. The smallest absolute Gasteiger partial charge is 0.331 e. The molecule has 2 N–H and O–H groups in total. The number of primary amides is 1. The summed E-state index contributed by atoms with van der Waals surface area (Å²) in [4.78, 5) is 37.0. The predicted molar refractivity (Wildman–Crippen MR) is 92.2 cm³/mol. The molecule has 0 radical (unpaired) electrons. The van der Waals surface area contributed by atoms with Gasteiger partial charge >= 0.3 is 5.69 Å². The molecule has 6 nitrogen and oxygen atoms in total. The molecule has 0 saturated heterocycles. The second-order valence-electron chi connectivity index (χ2n) is 5.46. The number of hydrogen-bond acceptors (Lipinski definition) is 3. The Morgan fingerprint density at radius 3 is 2.38 bits per heavy atom. The summed E-state index contributed by atoms with van der Waals surface area (Å²) in [6.45, 7) is 2.29. The van der Waals surface area contributed by atoms with Gasteiger partial charge in [-0.2, -0.15) is 0 Å². The van der Waals surface area contributed by atoms with Crippen molar-refractivity contribution in [1.82, 2.24) is 9.13 Å². The minimum atomic E-state index is -0.588. The third kappa shape index (κ3) is 2.52. The summed E-state index contributed by atoms with van der Waals surface area (Å²) in [5.41, 5.74) is 6.06. The summed E-state index contributed by atoms with van der Waals surface area (Å²) in [5, 5.41) is 0.468. The fraction of sp³-hybridized carbons (Fsp3) is 0.167. The minimum absolute atomic E-state index is 0.00160. The van der Waals surface area contributed by atoms with Crippen molar-refractivity contribution in [2.75, 3.05) is 0 Å². The molecule has 3 rings (SSSR count). The van der Waals surface area contributed by atoms with Gasteiger partial charge in [-0.1, -0.05) is 30.3 Å². The molecule has 0 bridgehead atoms. The molecule has 24 heavy (non-hydrogen) atoms. The molecule has 0 aliphatic carbocycles. The van der Waals surface area contributed by atoms with Gasteiger partial charge in [-0.3, -0.25) is 18.7 Å². The van der Waals surface area contributed by atoms with Crippen LogP contribution in [0.15, 0.2) is 58.1 Å². The molecule has 0 aliphatic rings. The van der Waals surface area contributed by atoms with Crippen LogP contribution in [0.2, 0.25) is 0 Å². The summed E-state index contributed by atoms with van der Waals surface area (Å²) >= 11 is 0. The standard InChI is InChI=1S/C18H17N3O3/c1-2-20-15-10-6-5-9-14(15)17(23)21(18(20)24)11-12-7-3-4-8-13(12)16(19)22/h3-10H,2,11H2,1H3,(H2,19,22). The highest BCUT2D eigenvalue weighted by Gasteiger charge is 2.14. The number of para-hydroxylation sites is 1. The molecule has 1 amide bonds. The van der Waals surface area contributed by atoms with Crippen molar-refractivity contribution in [3.05, 3.63) is 80.5 Å². The molecular formula is C18H17N3O3. The summed E-state index contributed by atoms with van der Waals surface area (Å²) in [6, 6.07) is 13.7. The number of carbonyl (C=O) groups excluding carboxylic acids is 1. The number of carbonyl (C=O) groups is 1. The van der Waals surface area contributed by atoms with Crippen LogP contribution in [0.4, 0.5) is 0 Å². The first-order valence-corrected chi connectivity index (χ1v) is 7.64. The highest BCUT2D eigenvalue weighted by molar-refractivity contribution is 5.94. The van der Waals surface area contributed by atoms with Crippen LogP contribution in [0.3, 0.4) is 0 Å². The quantitative estimate of drug-likeness (QED) is 0.786. The van der Waals surface area contributed by atoms with Gasteiger partial charge in [-0.25, -0.2) is 4.79 Å². The lowest BCUT2D eigenvalue weighted by Gasteiger charge is -2.13. The van der Waals surface area contributed by atoms with Crippen LogP contribution < -0.4 is 17.0 Å². The number of nitrogens with two attached hydrogens (primary N) is 1. The van der Waals surface area contributed by atoms with Crippen LogP contribution >= 0.6 is 0 Å². The SMILES string of the molecule is CCn1c(=O)n(Cc2ccccc2C(N)=O)c(=O)c2ccccc21. The maximum absolute atomic E-state index is 12.7. The van der Waals surface area contributed by atoms with Crippen molar-refractivity contribution in [2.45, 2.75) is 20.0 Å². The zero-order valence-corrected chi connectivity index (χ0v) is 13.2. The topological polar surface area (TPSA) is 87.1 Å². The first-order chi connectivity index (χ1) is 11.5. The van der Waals surface area contributed by atoms with Crippen molar-refractivity contribution in [1.29, 1.82) is 0 Å². The molecule has 0 unspecified atom stereocenters. The molecular weight excluding hydrogens is 306 g/mol. The summed E-state index contributed by atoms with van der Waals surface area (Å²) < 4.78 is 2.69. The largest absolute Gasteiger partial charge is 0.366 e. The number of benzene rings is 2. The van der Waals surface area contributed by atoms with E-state index in [1.165, 1.54) is 0 Å². The molecule has 0 fully saturated rings. The molecule has 6 heteroatoms. The Kier molecular flexibility index (Phi) is 4.04. The Hall–Kier alpha value is -3.15. The van der Waals surface area contributed by atoms with Gasteiger partial charge in [0.1, 0.15) is 0 Å². The number of amides is 1. The lowest BCUT2D eigenvalue weighted by molar-refractivity contribution is 0.0999. The molecule has 0 saturated carbocycles. The van der Waals surface area contributed by atoms with Crippen LogP contribution in [0, 0.1) is 0 Å². The highest BCUT2D eigenvalue weighted by atomic mass is 16.2. The van der Waals surface area contributed by atoms with Crippen molar-refractivity contribution < 1.29 is 4.79 Å². The second-order valence-corrected chi connectivity index (χ2v) is 5.46. The molecule has 2 aromatic carbocycles. The third-order valence-corrected chi connectivity index (χ3v) is 4.06. The van der Waals surface area contributed by atoms with Crippen molar-refractivity contribution >= 4 is 16.8 Å². The predicted octanol–water partition coefficient (Wildman–Crippen LogP) is 1.33. The number of nitrogens with zero attached hydrogens (tertiary/aromatic N) is 2. The third-order valence-electron chi connectivity index (χ3n) is 4.06. The summed E-state index contributed by atoms with van der Waals surface area (Å²) in [7, 11) is 0. The Morgan fingerprint density at radius 1 is 1.00 bits per heavy atom. The van der Waals surface area contributed by atoms with Gasteiger partial charge in [0.25, 0.3) is 5.56 Å². The maximum Gasteiger partial charge on any atom is 0.331 e. The van der Waals surface area contributed by atoms with Crippen LogP contribution in [-0.4, -0.2) is 15.0 Å². The van der Waals surface area contributed by atoms with E-state index < -0.39 is 11.6 Å². The van der Waals surface area contributed by atoms with E-state index in [1.807, 2.05) is 6.92 Å². The number of fused-ring (bicyclic) bond motifs is 1. The average molecular weight is 323 g/mol. The molecule has 1 heterocycles. The fourth-order valence-corrected chi connectivity index (χ4v) is 2.88. The van der Waals surface area contributed by atoms with E-state index >= 15 is 0 Å². The Bertz CT molecular complexity index is 1050. The Labute approximate surface area is 137 Å². The van der Waals surface area contributed by atoms with E-state index in [2.05, 4.69) is 0 Å². The highest BCUT2D eigenvalue weighted by Crippen LogP contribution is 2.11. The van der Waals surface area contributed by atoms with E-state index in [-0.39, 0.29) is 12.1 Å². The summed E-state index contributed by atoms with van der Waals surface area (Å²) in [5.74, 6) is -0.588. The van der Waals surface area contributed by atoms with E-state index in [9.17, 15) is 14.4 Å². The van der Waals surface area contributed by atoms with Crippen molar-refractivity contribution in [3.8, 4) is 0 Å². The van der Waals surface area contributed by atoms with Gasteiger partial charge in [-0.15, -0.1) is 0 Å². The van der Waals surface area contributed by atoms with Crippen LogP contribution in [-0.2, 0) is 13.1 Å². The summed E-state index contributed by atoms with van der Waals surface area (Å²) in [6.07, 6.45) is 0. The lowest BCUT2D eigenvalue weighted by Crippen LogP contribution is -2.40. The first-order valence-electron chi connectivity index (χ1n) is 7.64. The molecule has 3 aromatic rings. The van der Waals surface area contributed by atoms with Crippen LogP contribution in [0.1, 0.15) is 22.8 Å². The monoisotopic (exact) mass is 323 g/mol. The molecule has 0 aliphatic heterocycles. The number of aromatic nitrogens is 2. The molecule has 1 aromatic heterocycles. The minimum Gasteiger partial charge on any atom is -0.366 e. The molecule has 122 valence electrons. The Morgan fingerprint density at radius 2 is 1.67 bits per heavy atom. The van der Waals surface area contributed by atoms with E-state index in [1.54, 1.807) is 53.1 Å². The molecule has 0 spiro atoms. The van der Waals surface area contributed by atoms with Gasteiger partial charge in [-0.05, 0) is 30.7 Å². The average Bonchev–Trinajstić information content (AvgIpc) is 2.59. The maximum atomic E-state index is 12.7. The van der Waals surface area contributed by atoms with Gasteiger partial charge < -0.3 is 5.73 Å². The van der Waals surface area contributed by atoms with Gasteiger partial charge in [0.2, 0.25) is 5.91 Å². The van der Waals surface area contributed by atoms with Crippen LogP contribution in [0.25, 0.3) is 10.9 Å². The lowest BCUT2D eigenvalue weighted by atomic mass is 10.1. The van der Waals surface area contributed by atoms with Gasteiger partial charge in [0.15, 0.2) is 0 Å². The van der Waals surface area contributed by atoms with E-state index in [4.69, 9.17) is 5.73 Å². The van der Waals surface area contributed by atoms with Gasteiger partial charge in [0, 0.05) is 12.1 Å². The van der Waals surface area contributed by atoms with E-state index in [0.717, 1.165) is 4.57 Å². The second kappa shape index (κ2) is 6.16. The number of hydrogen-bond donors (Lipinski definition) is 1. The number of rotatable bonds is 4. The van der Waals surface area contributed by atoms with Crippen LogP contribution in [0.5, 0.6) is 0 Å². The van der Waals surface area contributed by atoms with E-state index in [0.29, 0.717) is 28.6 Å². The molecule has 0 atom stereocenters. The van der Waals surface area contributed by atoms with Crippen molar-refractivity contribution in [3.63, 3.8) is 0 Å². The Balaban J connectivity index is 2.27.